The minimum Gasteiger partial charge on any atom is -0.399 e. The number of nitrogens with zero attached hydrogens (tertiary/aromatic N) is 1. The average Bonchev–Trinajstić information content (AvgIpc) is 2.40. The van der Waals surface area contributed by atoms with Crippen LogP contribution in [0.15, 0.2) is 18.2 Å². The number of hydrogen-bond donors (Lipinski definition) is 2. The van der Waals surface area contributed by atoms with E-state index in [0.717, 1.165) is 37.3 Å². The highest BCUT2D eigenvalue weighted by Gasteiger charge is 2.07. The molecule has 0 aliphatic heterocycles. The van der Waals surface area contributed by atoms with E-state index >= 15 is 0 Å². The third kappa shape index (κ3) is 4.91. The Kier molecular flexibility index (Phi) is 6.36. The predicted molar refractivity (Wildman–Crippen MR) is 80.3 cm³/mol. The zero-order valence-corrected chi connectivity index (χ0v) is 12.2. The van der Waals surface area contributed by atoms with E-state index in [1.165, 1.54) is 0 Å². The molecule has 106 valence electrons. The highest BCUT2D eigenvalue weighted by Crippen LogP contribution is 2.12. The summed E-state index contributed by atoms with van der Waals surface area (Å²) in [5, 5.41) is 2.95. The number of amides is 1. The van der Waals surface area contributed by atoms with Crippen molar-refractivity contribution in [1.82, 2.24) is 10.2 Å². The molecule has 4 nitrogen and oxygen atoms in total. The molecule has 0 aromatic heterocycles. The van der Waals surface area contributed by atoms with Crippen molar-refractivity contribution in [2.75, 3.05) is 31.9 Å². The van der Waals surface area contributed by atoms with Crippen LogP contribution in [0.5, 0.6) is 0 Å². The number of carbonyl (C=O) groups excluding carboxylic acids is 1. The summed E-state index contributed by atoms with van der Waals surface area (Å²) >= 11 is 0. The van der Waals surface area contributed by atoms with Crippen molar-refractivity contribution in [2.45, 2.75) is 27.2 Å². The zero-order chi connectivity index (χ0) is 14.3. The van der Waals surface area contributed by atoms with E-state index in [0.29, 0.717) is 12.1 Å². The molecule has 0 aliphatic rings. The third-order valence-electron chi connectivity index (χ3n) is 3.23. The molecule has 0 fully saturated rings. The molecule has 0 radical (unpaired) electrons. The summed E-state index contributed by atoms with van der Waals surface area (Å²) in [6, 6.07) is 5.37. The molecular weight excluding hydrogens is 238 g/mol. The highest BCUT2D eigenvalue weighted by atomic mass is 16.1. The first-order valence-corrected chi connectivity index (χ1v) is 6.95. The first-order chi connectivity index (χ1) is 9.08. The van der Waals surface area contributed by atoms with Crippen molar-refractivity contribution in [3.63, 3.8) is 0 Å². The Morgan fingerprint density at radius 2 is 2.05 bits per heavy atom. The number of benzene rings is 1. The fraction of sp³-hybridized carbons (Fsp3) is 0.533. The van der Waals surface area contributed by atoms with Crippen molar-refractivity contribution < 1.29 is 4.79 Å². The van der Waals surface area contributed by atoms with Gasteiger partial charge in [-0.25, -0.2) is 0 Å². The van der Waals surface area contributed by atoms with Crippen LogP contribution in [0.3, 0.4) is 0 Å². The SMILES string of the molecule is CCCN(CC)CCNC(=O)c1ccc(N)c(C)c1. The van der Waals surface area contributed by atoms with Gasteiger partial charge in [-0.3, -0.25) is 4.79 Å². The number of rotatable bonds is 7. The van der Waals surface area contributed by atoms with Crippen LogP contribution < -0.4 is 11.1 Å². The van der Waals surface area contributed by atoms with Crippen molar-refractivity contribution in [2.24, 2.45) is 0 Å². The van der Waals surface area contributed by atoms with Gasteiger partial charge in [0.2, 0.25) is 0 Å². The normalized spacial score (nSPS) is 10.7. The van der Waals surface area contributed by atoms with Gasteiger partial charge >= 0.3 is 0 Å². The van der Waals surface area contributed by atoms with Crippen LogP contribution in [-0.4, -0.2) is 37.0 Å². The summed E-state index contributed by atoms with van der Waals surface area (Å²) in [4.78, 5) is 14.3. The fourth-order valence-corrected chi connectivity index (χ4v) is 1.99. The summed E-state index contributed by atoms with van der Waals surface area (Å²) in [5.41, 5.74) is 8.07. The maximum absolute atomic E-state index is 12.0. The highest BCUT2D eigenvalue weighted by molar-refractivity contribution is 5.94. The quantitative estimate of drug-likeness (QED) is 0.740. The maximum atomic E-state index is 12.0. The molecule has 0 unspecified atom stereocenters. The molecular formula is C15H25N3O. The van der Waals surface area contributed by atoms with Gasteiger partial charge in [0.05, 0.1) is 0 Å². The van der Waals surface area contributed by atoms with Crippen molar-refractivity contribution in [3.8, 4) is 0 Å². The molecule has 1 aromatic carbocycles. The Labute approximate surface area is 116 Å². The first-order valence-electron chi connectivity index (χ1n) is 6.95. The van der Waals surface area contributed by atoms with E-state index in [9.17, 15) is 4.79 Å². The molecule has 0 saturated heterocycles. The number of aryl methyl sites for hydroxylation is 1. The van der Waals surface area contributed by atoms with Gasteiger partial charge in [-0.2, -0.15) is 0 Å². The van der Waals surface area contributed by atoms with Crippen LogP contribution in [0, 0.1) is 6.92 Å². The average molecular weight is 263 g/mol. The summed E-state index contributed by atoms with van der Waals surface area (Å²) in [6.45, 7) is 9.88. The second-order valence-electron chi connectivity index (χ2n) is 4.76. The van der Waals surface area contributed by atoms with E-state index in [-0.39, 0.29) is 5.91 Å². The third-order valence-corrected chi connectivity index (χ3v) is 3.23. The summed E-state index contributed by atoms with van der Waals surface area (Å²) < 4.78 is 0. The summed E-state index contributed by atoms with van der Waals surface area (Å²) in [6.07, 6.45) is 1.14. The van der Waals surface area contributed by atoms with Crippen molar-refractivity contribution in [1.29, 1.82) is 0 Å². The smallest absolute Gasteiger partial charge is 0.251 e. The van der Waals surface area contributed by atoms with Gasteiger partial charge in [-0.05, 0) is 50.2 Å². The van der Waals surface area contributed by atoms with Crippen LogP contribution in [-0.2, 0) is 0 Å². The Morgan fingerprint density at radius 1 is 1.32 bits per heavy atom. The van der Waals surface area contributed by atoms with Crippen molar-refractivity contribution >= 4 is 11.6 Å². The number of nitrogen functional groups attached to an aromatic ring is 1. The van der Waals surface area contributed by atoms with E-state index in [1.54, 1.807) is 12.1 Å². The molecule has 1 rings (SSSR count). The van der Waals surface area contributed by atoms with Crippen LogP contribution in [0.25, 0.3) is 0 Å². The molecule has 4 heteroatoms. The minimum absolute atomic E-state index is 0.0318. The predicted octanol–water partition coefficient (Wildman–Crippen LogP) is 2.04. The van der Waals surface area contributed by atoms with E-state index in [2.05, 4.69) is 24.1 Å². The second kappa shape index (κ2) is 7.79. The van der Waals surface area contributed by atoms with Crippen LogP contribution >= 0.6 is 0 Å². The molecule has 1 amide bonds. The lowest BCUT2D eigenvalue weighted by atomic mass is 10.1. The lowest BCUT2D eigenvalue weighted by Crippen LogP contribution is -2.35. The monoisotopic (exact) mass is 263 g/mol. The van der Waals surface area contributed by atoms with Crippen LogP contribution in [0.1, 0.15) is 36.2 Å². The zero-order valence-electron chi connectivity index (χ0n) is 12.2. The van der Waals surface area contributed by atoms with Crippen molar-refractivity contribution in [3.05, 3.63) is 29.3 Å². The van der Waals surface area contributed by atoms with Gasteiger partial charge in [0.1, 0.15) is 0 Å². The van der Waals surface area contributed by atoms with E-state index in [1.807, 2.05) is 13.0 Å². The Hall–Kier alpha value is -1.55. The number of nitrogens with one attached hydrogen (secondary N) is 1. The maximum Gasteiger partial charge on any atom is 0.251 e. The molecule has 0 saturated carbocycles. The number of likely N-dealkylation sites (N-methyl/N-ethyl adjacent to an activating group) is 1. The van der Waals surface area contributed by atoms with E-state index < -0.39 is 0 Å². The largest absolute Gasteiger partial charge is 0.399 e. The molecule has 19 heavy (non-hydrogen) atoms. The van der Waals surface area contributed by atoms with Gasteiger partial charge in [0.15, 0.2) is 0 Å². The number of carbonyl (C=O) groups is 1. The summed E-state index contributed by atoms with van der Waals surface area (Å²) in [5.74, 6) is -0.0318. The molecule has 1 aromatic rings. The number of nitrogens with two attached hydrogens (primary N) is 1. The Balaban J connectivity index is 2.44. The van der Waals surface area contributed by atoms with Gasteiger partial charge in [0, 0.05) is 24.3 Å². The number of hydrogen-bond acceptors (Lipinski definition) is 3. The first kappa shape index (κ1) is 15.5. The molecule has 0 spiro atoms. The van der Waals surface area contributed by atoms with Gasteiger partial charge in [-0.15, -0.1) is 0 Å². The van der Waals surface area contributed by atoms with Gasteiger partial charge < -0.3 is 16.0 Å². The molecule has 3 N–H and O–H groups in total. The fourth-order valence-electron chi connectivity index (χ4n) is 1.99. The van der Waals surface area contributed by atoms with Gasteiger partial charge in [-0.1, -0.05) is 13.8 Å². The summed E-state index contributed by atoms with van der Waals surface area (Å²) in [7, 11) is 0. The van der Waals surface area contributed by atoms with Gasteiger partial charge in [0.25, 0.3) is 5.91 Å². The lowest BCUT2D eigenvalue weighted by Gasteiger charge is -2.19. The lowest BCUT2D eigenvalue weighted by molar-refractivity contribution is 0.0948. The Bertz CT molecular complexity index is 418. The van der Waals surface area contributed by atoms with Crippen LogP contribution in [0.2, 0.25) is 0 Å². The number of anilines is 1. The standard InChI is InChI=1S/C15H25N3O/c1-4-9-18(5-2)10-8-17-15(19)13-6-7-14(16)12(3)11-13/h6-7,11H,4-5,8-10,16H2,1-3H3,(H,17,19). The molecule has 0 atom stereocenters. The minimum atomic E-state index is -0.0318. The molecule has 0 aliphatic carbocycles. The molecule has 0 heterocycles. The topological polar surface area (TPSA) is 58.4 Å². The van der Waals surface area contributed by atoms with E-state index in [4.69, 9.17) is 5.73 Å². The Morgan fingerprint density at radius 3 is 2.63 bits per heavy atom. The van der Waals surface area contributed by atoms with Crippen LogP contribution in [0.4, 0.5) is 5.69 Å². The molecule has 0 bridgehead atoms. The second-order valence-corrected chi connectivity index (χ2v) is 4.76.